The smallest absolute Gasteiger partial charge is 0.273 e. The lowest BCUT2D eigenvalue weighted by molar-refractivity contribution is -0.141. The van der Waals surface area contributed by atoms with Gasteiger partial charge in [0, 0.05) is 10.0 Å². The van der Waals surface area contributed by atoms with E-state index < -0.39 is 11.9 Å². The van der Waals surface area contributed by atoms with Gasteiger partial charge in [0.05, 0.1) is 5.69 Å². The lowest BCUT2D eigenvalue weighted by Crippen LogP contribution is -2.04. The number of hydrogen-bond acceptors (Lipinski definition) is 1. The predicted octanol–water partition coefficient (Wildman–Crippen LogP) is 4.17. The summed E-state index contributed by atoms with van der Waals surface area (Å²) in [6, 6.07) is 6.40. The van der Waals surface area contributed by atoms with Crippen molar-refractivity contribution in [3.63, 3.8) is 0 Å². The highest BCUT2D eigenvalue weighted by molar-refractivity contribution is 9.10. The van der Waals surface area contributed by atoms with E-state index in [-0.39, 0.29) is 5.69 Å². The molecule has 0 aliphatic carbocycles. The van der Waals surface area contributed by atoms with Gasteiger partial charge in [0.15, 0.2) is 0 Å². The van der Waals surface area contributed by atoms with Gasteiger partial charge >= 0.3 is 6.18 Å². The summed E-state index contributed by atoms with van der Waals surface area (Å²) in [5, 5.41) is 5.69. The molecular weight excluding hydrogens is 297 g/mol. The molecule has 0 bridgehead atoms. The number of alkyl halides is 3. The molecule has 0 aliphatic rings. The quantitative estimate of drug-likeness (QED) is 0.842. The van der Waals surface area contributed by atoms with Gasteiger partial charge < -0.3 is 0 Å². The van der Waals surface area contributed by atoms with Crippen molar-refractivity contribution in [3.8, 4) is 11.3 Å². The Morgan fingerprint density at radius 3 is 2.53 bits per heavy atom. The van der Waals surface area contributed by atoms with Gasteiger partial charge in [-0.2, -0.15) is 18.3 Å². The Kier molecular flexibility index (Phi) is 2.99. The Morgan fingerprint density at radius 1 is 1.24 bits per heavy atom. The average Bonchev–Trinajstić information content (AvgIpc) is 2.70. The maximum absolute atomic E-state index is 12.4. The van der Waals surface area contributed by atoms with E-state index in [0.717, 1.165) is 16.1 Å². The van der Waals surface area contributed by atoms with Gasteiger partial charge in [0.2, 0.25) is 0 Å². The molecule has 0 fully saturated rings. The second-order valence-corrected chi connectivity index (χ2v) is 4.54. The molecule has 90 valence electrons. The summed E-state index contributed by atoms with van der Waals surface area (Å²) in [6.07, 6.45) is -4.40. The largest absolute Gasteiger partial charge is 0.432 e. The molecule has 2 aromatic rings. The number of benzene rings is 1. The molecule has 2 rings (SSSR count). The Hall–Kier alpha value is -1.30. The number of aromatic amines is 1. The van der Waals surface area contributed by atoms with Crippen molar-refractivity contribution in [2.24, 2.45) is 0 Å². The van der Waals surface area contributed by atoms with Crippen molar-refractivity contribution in [1.82, 2.24) is 10.2 Å². The van der Waals surface area contributed by atoms with Gasteiger partial charge in [0.1, 0.15) is 5.69 Å². The SMILES string of the molecule is Cc1ccc(Br)cc1-c1cc(C(F)(F)F)[nH]n1. The van der Waals surface area contributed by atoms with E-state index in [2.05, 4.69) is 21.0 Å². The molecule has 1 aromatic carbocycles. The van der Waals surface area contributed by atoms with Gasteiger partial charge in [-0.05, 0) is 30.7 Å². The molecule has 0 spiro atoms. The Bertz CT molecular complexity index is 546. The third-order valence-electron chi connectivity index (χ3n) is 2.36. The minimum atomic E-state index is -4.40. The maximum Gasteiger partial charge on any atom is 0.432 e. The van der Waals surface area contributed by atoms with Gasteiger partial charge in [-0.1, -0.05) is 22.0 Å². The van der Waals surface area contributed by atoms with Crippen LogP contribution in [0.5, 0.6) is 0 Å². The van der Waals surface area contributed by atoms with E-state index in [1.807, 2.05) is 24.2 Å². The Labute approximate surface area is 104 Å². The predicted molar refractivity (Wildman–Crippen MR) is 61.5 cm³/mol. The molecule has 1 aromatic heterocycles. The number of nitrogens with zero attached hydrogens (tertiary/aromatic N) is 1. The van der Waals surface area contributed by atoms with E-state index in [1.165, 1.54) is 0 Å². The molecule has 0 saturated carbocycles. The minimum absolute atomic E-state index is 0.288. The van der Waals surface area contributed by atoms with E-state index in [4.69, 9.17) is 0 Å². The normalized spacial score (nSPS) is 11.8. The Balaban J connectivity index is 2.47. The molecule has 1 N–H and O–H groups in total. The first-order chi connectivity index (χ1) is 7.88. The van der Waals surface area contributed by atoms with Crippen molar-refractivity contribution >= 4 is 15.9 Å². The van der Waals surface area contributed by atoms with E-state index >= 15 is 0 Å². The zero-order valence-electron chi connectivity index (χ0n) is 8.77. The number of halogens is 4. The summed E-state index contributed by atoms with van der Waals surface area (Å²) in [5.74, 6) is 0. The first kappa shape index (κ1) is 12.2. The third-order valence-corrected chi connectivity index (χ3v) is 2.85. The zero-order valence-corrected chi connectivity index (χ0v) is 10.4. The summed E-state index contributed by atoms with van der Waals surface area (Å²) >= 11 is 3.28. The van der Waals surface area contributed by atoms with Crippen molar-refractivity contribution in [2.45, 2.75) is 13.1 Å². The van der Waals surface area contributed by atoms with Gasteiger partial charge in [-0.25, -0.2) is 0 Å². The minimum Gasteiger partial charge on any atom is -0.273 e. The van der Waals surface area contributed by atoms with Gasteiger partial charge in [-0.3, -0.25) is 5.10 Å². The van der Waals surface area contributed by atoms with Crippen LogP contribution in [0.3, 0.4) is 0 Å². The summed E-state index contributed by atoms with van der Waals surface area (Å²) in [4.78, 5) is 0. The maximum atomic E-state index is 12.4. The second kappa shape index (κ2) is 4.18. The molecule has 0 saturated heterocycles. The fraction of sp³-hybridized carbons (Fsp3) is 0.182. The second-order valence-electron chi connectivity index (χ2n) is 3.62. The number of H-pyrrole nitrogens is 1. The number of rotatable bonds is 1. The third kappa shape index (κ3) is 2.52. The molecule has 0 unspecified atom stereocenters. The molecule has 0 amide bonds. The van der Waals surface area contributed by atoms with Crippen molar-refractivity contribution < 1.29 is 13.2 Å². The summed E-state index contributed by atoms with van der Waals surface area (Å²) in [7, 11) is 0. The molecule has 17 heavy (non-hydrogen) atoms. The monoisotopic (exact) mass is 304 g/mol. The van der Waals surface area contributed by atoms with E-state index in [9.17, 15) is 13.2 Å². The highest BCUT2D eigenvalue weighted by Gasteiger charge is 2.33. The number of hydrogen-bond donors (Lipinski definition) is 1. The van der Waals surface area contributed by atoms with E-state index in [1.54, 1.807) is 6.07 Å². The first-order valence-corrected chi connectivity index (χ1v) is 5.56. The van der Waals surface area contributed by atoms with Crippen molar-refractivity contribution in [1.29, 1.82) is 0 Å². The van der Waals surface area contributed by atoms with Crippen LogP contribution in [0.2, 0.25) is 0 Å². The van der Waals surface area contributed by atoms with Crippen LogP contribution < -0.4 is 0 Å². The highest BCUT2D eigenvalue weighted by atomic mass is 79.9. The molecule has 1 heterocycles. The van der Waals surface area contributed by atoms with Gasteiger partial charge in [-0.15, -0.1) is 0 Å². The van der Waals surface area contributed by atoms with Crippen LogP contribution in [0.25, 0.3) is 11.3 Å². The van der Waals surface area contributed by atoms with Crippen LogP contribution in [0.15, 0.2) is 28.7 Å². The number of aryl methyl sites for hydroxylation is 1. The lowest BCUT2D eigenvalue weighted by atomic mass is 10.1. The number of aromatic nitrogens is 2. The fourth-order valence-electron chi connectivity index (χ4n) is 1.48. The van der Waals surface area contributed by atoms with E-state index in [0.29, 0.717) is 5.56 Å². The summed E-state index contributed by atoms with van der Waals surface area (Å²) in [6.45, 7) is 1.82. The van der Waals surface area contributed by atoms with Crippen LogP contribution in [-0.4, -0.2) is 10.2 Å². The standard InChI is InChI=1S/C11H8BrF3N2/c1-6-2-3-7(12)4-8(6)9-5-10(17-16-9)11(13,14)15/h2-5H,1H3,(H,16,17). The first-order valence-electron chi connectivity index (χ1n) is 4.77. The van der Waals surface area contributed by atoms with Crippen LogP contribution in [0, 0.1) is 6.92 Å². The fourth-order valence-corrected chi connectivity index (χ4v) is 1.84. The average molecular weight is 305 g/mol. The Morgan fingerprint density at radius 2 is 1.94 bits per heavy atom. The highest BCUT2D eigenvalue weighted by Crippen LogP contribution is 2.32. The van der Waals surface area contributed by atoms with Crippen molar-refractivity contribution in [2.75, 3.05) is 0 Å². The van der Waals surface area contributed by atoms with Crippen LogP contribution in [-0.2, 0) is 6.18 Å². The van der Waals surface area contributed by atoms with Crippen LogP contribution >= 0.6 is 15.9 Å². The van der Waals surface area contributed by atoms with Crippen LogP contribution in [0.1, 0.15) is 11.3 Å². The topological polar surface area (TPSA) is 28.7 Å². The summed E-state index contributed by atoms with van der Waals surface area (Å²) < 4.78 is 38.0. The summed E-state index contributed by atoms with van der Waals surface area (Å²) in [5.41, 5.74) is 0.988. The number of nitrogens with one attached hydrogen (secondary N) is 1. The lowest BCUT2D eigenvalue weighted by Gasteiger charge is -2.02. The molecule has 0 radical (unpaired) electrons. The zero-order chi connectivity index (χ0) is 12.6. The molecule has 6 heteroatoms. The van der Waals surface area contributed by atoms with Crippen molar-refractivity contribution in [3.05, 3.63) is 40.0 Å². The molecule has 0 atom stereocenters. The molecule has 0 aliphatic heterocycles. The van der Waals surface area contributed by atoms with Gasteiger partial charge in [0.25, 0.3) is 0 Å². The van der Waals surface area contributed by atoms with Crippen LogP contribution in [0.4, 0.5) is 13.2 Å². The molecule has 2 nitrogen and oxygen atoms in total. The molecular formula is C11H8BrF3N2.